The van der Waals surface area contributed by atoms with Gasteiger partial charge >= 0.3 is 5.97 Å². The summed E-state index contributed by atoms with van der Waals surface area (Å²) in [5.74, 6) is -0.939. The number of rotatable bonds is 4. The van der Waals surface area contributed by atoms with Crippen molar-refractivity contribution in [2.24, 2.45) is 0 Å². The lowest BCUT2D eigenvalue weighted by Crippen LogP contribution is -2.31. The van der Waals surface area contributed by atoms with Gasteiger partial charge < -0.3 is 10.1 Å². The van der Waals surface area contributed by atoms with Crippen LogP contribution in [0.5, 0.6) is 0 Å². The van der Waals surface area contributed by atoms with Gasteiger partial charge in [-0.1, -0.05) is 0 Å². The Morgan fingerprint density at radius 1 is 1.38 bits per heavy atom. The van der Waals surface area contributed by atoms with E-state index in [0.29, 0.717) is 18.7 Å². The second-order valence-corrected chi connectivity index (χ2v) is 5.81. The molecule has 21 heavy (non-hydrogen) atoms. The summed E-state index contributed by atoms with van der Waals surface area (Å²) in [5.41, 5.74) is 2.06. The van der Waals surface area contributed by atoms with Crippen molar-refractivity contribution in [1.82, 2.24) is 15.1 Å². The minimum Gasteiger partial charge on any atom is -0.451 e. The molecule has 0 aliphatic carbocycles. The van der Waals surface area contributed by atoms with Crippen LogP contribution >= 0.6 is 0 Å². The minimum absolute atomic E-state index is 0.119. The van der Waals surface area contributed by atoms with Crippen molar-refractivity contribution in [3.63, 3.8) is 0 Å². The first-order valence-electron chi connectivity index (χ1n) is 6.96. The van der Waals surface area contributed by atoms with Crippen LogP contribution in [0.1, 0.15) is 32.2 Å². The van der Waals surface area contributed by atoms with Crippen LogP contribution in [0.15, 0.2) is 17.2 Å². The molecule has 0 saturated carbocycles. The Bertz CT molecular complexity index is 626. The Morgan fingerprint density at radius 3 is 2.52 bits per heavy atom. The number of esters is 1. The molecular weight excluding hydrogens is 270 g/mol. The van der Waals surface area contributed by atoms with Crippen LogP contribution in [0.25, 0.3) is 0 Å². The standard InChI is InChI=1S/C15H21N3O3/c1-9-8-10(2)18(17-9)7-6-16-13(19)12-11(3)15(4,5)21-14(12)20/h8H,6-7H2,1-5H3,(H,16,19). The van der Waals surface area contributed by atoms with Crippen LogP contribution in [0.4, 0.5) is 0 Å². The van der Waals surface area contributed by atoms with Crippen molar-refractivity contribution in [2.45, 2.75) is 46.8 Å². The molecule has 1 aromatic heterocycles. The highest BCUT2D eigenvalue weighted by molar-refractivity contribution is 6.18. The van der Waals surface area contributed by atoms with Gasteiger partial charge in [0.05, 0.1) is 12.2 Å². The number of cyclic esters (lactones) is 1. The monoisotopic (exact) mass is 291 g/mol. The van der Waals surface area contributed by atoms with Gasteiger partial charge in [-0.05, 0) is 46.3 Å². The zero-order valence-electron chi connectivity index (χ0n) is 13.1. The van der Waals surface area contributed by atoms with Crippen LogP contribution in [-0.2, 0) is 20.9 Å². The molecule has 0 atom stereocenters. The molecule has 0 fully saturated rings. The molecule has 114 valence electrons. The molecule has 2 rings (SSSR count). The maximum absolute atomic E-state index is 12.1. The first-order chi connectivity index (χ1) is 9.72. The molecule has 1 N–H and O–H groups in total. The number of nitrogens with one attached hydrogen (secondary N) is 1. The Hall–Kier alpha value is -2.11. The topological polar surface area (TPSA) is 73.2 Å². The zero-order valence-corrected chi connectivity index (χ0v) is 13.1. The van der Waals surface area contributed by atoms with E-state index in [2.05, 4.69) is 10.4 Å². The largest absolute Gasteiger partial charge is 0.451 e. The van der Waals surface area contributed by atoms with E-state index in [1.807, 2.05) is 24.6 Å². The van der Waals surface area contributed by atoms with Gasteiger partial charge in [-0.15, -0.1) is 0 Å². The molecule has 0 unspecified atom stereocenters. The third kappa shape index (κ3) is 2.99. The molecule has 1 aliphatic rings. The van der Waals surface area contributed by atoms with Crippen LogP contribution < -0.4 is 5.32 Å². The van der Waals surface area contributed by atoms with Gasteiger partial charge in [0.15, 0.2) is 0 Å². The smallest absolute Gasteiger partial charge is 0.344 e. The van der Waals surface area contributed by atoms with Crippen molar-refractivity contribution in [3.8, 4) is 0 Å². The van der Waals surface area contributed by atoms with Gasteiger partial charge in [-0.3, -0.25) is 9.48 Å². The Kier molecular flexibility index (Phi) is 3.89. The highest BCUT2D eigenvalue weighted by atomic mass is 16.6. The molecule has 0 aromatic carbocycles. The fourth-order valence-corrected chi connectivity index (χ4v) is 2.34. The summed E-state index contributed by atoms with van der Waals surface area (Å²) in [7, 11) is 0. The van der Waals surface area contributed by atoms with Gasteiger partial charge in [-0.2, -0.15) is 5.10 Å². The highest BCUT2D eigenvalue weighted by Gasteiger charge is 2.40. The molecule has 1 aromatic rings. The SMILES string of the molecule is CC1=C(C(=O)NCCn2nc(C)cc2C)C(=O)OC1(C)C. The van der Waals surface area contributed by atoms with Crippen molar-refractivity contribution in [1.29, 1.82) is 0 Å². The van der Waals surface area contributed by atoms with E-state index in [9.17, 15) is 9.59 Å². The predicted octanol–water partition coefficient (Wildman–Crippen LogP) is 1.27. The van der Waals surface area contributed by atoms with E-state index >= 15 is 0 Å². The minimum atomic E-state index is -0.709. The van der Waals surface area contributed by atoms with Gasteiger partial charge in [0.1, 0.15) is 11.2 Å². The summed E-state index contributed by atoms with van der Waals surface area (Å²) in [6.45, 7) is 10.2. The number of nitrogens with zero attached hydrogens (tertiary/aromatic N) is 2. The van der Waals surface area contributed by atoms with E-state index < -0.39 is 11.6 Å². The van der Waals surface area contributed by atoms with Gasteiger partial charge in [0.2, 0.25) is 0 Å². The molecule has 6 nitrogen and oxygen atoms in total. The van der Waals surface area contributed by atoms with E-state index in [-0.39, 0.29) is 11.5 Å². The predicted molar refractivity (Wildman–Crippen MR) is 77.6 cm³/mol. The average Bonchev–Trinajstić information content (AvgIpc) is 2.76. The summed E-state index contributed by atoms with van der Waals surface area (Å²) in [5, 5.41) is 7.07. The molecule has 2 heterocycles. The fourth-order valence-electron chi connectivity index (χ4n) is 2.34. The van der Waals surface area contributed by atoms with Crippen LogP contribution in [0.3, 0.4) is 0 Å². The maximum atomic E-state index is 12.1. The second kappa shape index (κ2) is 5.35. The van der Waals surface area contributed by atoms with Crippen molar-refractivity contribution < 1.29 is 14.3 Å². The van der Waals surface area contributed by atoms with Crippen molar-refractivity contribution in [2.75, 3.05) is 6.54 Å². The lowest BCUT2D eigenvalue weighted by molar-refractivity contribution is -0.145. The number of hydrogen-bond acceptors (Lipinski definition) is 4. The van der Waals surface area contributed by atoms with Crippen LogP contribution in [0.2, 0.25) is 0 Å². The van der Waals surface area contributed by atoms with E-state index in [0.717, 1.165) is 11.4 Å². The lowest BCUT2D eigenvalue weighted by atomic mass is 9.97. The molecular formula is C15H21N3O3. The summed E-state index contributed by atoms with van der Waals surface area (Å²) in [4.78, 5) is 23.9. The van der Waals surface area contributed by atoms with Crippen molar-refractivity contribution >= 4 is 11.9 Å². The Labute approximate surface area is 124 Å². The summed E-state index contributed by atoms with van der Waals surface area (Å²) in [6, 6.07) is 1.98. The van der Waals surface area contributed by atoms with Crippen LogP contribution in [0, 0.1) is 13.8 Å². The zero-order chi connectivity index (χ0) is 15.8. The van der Waals surface area contributed by atoms with E-state index in [4.69, 9.17) is 4.74 Å². The van der Waals surface area contributed by atoms with E-state index in [1.165, 1.54) is 0 Å². The number of carbonyl (C=O) groups is 2. The maximum Gasteiger partial charge on any atom is 0.344 e. The first kappa shape index (κ1) is 15.3. The van der Waals surface area contributed by atoms with Crippen LogP contribution in [-0.4, -0.2) is 33.8 Å². The molecule has 0 saturated heterocycles. The molecule has 0 bridgehead atoms. The fraction of sp³-hybridized carbons (Fsp3) is 0.533. The molecule has 1 aliphatic heterocycles. The second-order valence-electron chi connectivity index (χ2n) is 5.81. The average molecular weight is 291 g/mol. The number of carbonyl (C=O) groups excluding carboxylic acids is 2. The Morgan fingerprint density at radius 2 is 2.05 bits per heavy atom. The number of hydrogen-bond donors (Lipinski definition) is 1. The normalized spacial score (nSPS) is 17.1. The summed E-state index contributed by atoms with van der Waals surface area (Å²) in [6.07, 6.45) is 0. The van der Waals surface area contributed by atoms with Gasteiger partial charge in [-0.25, -0.2) is 4.79 Å². The lowest BCUT2D eigenvalue weighted by Gasteiger charge is -2.17. The number of amides is 1. The first-order valence-corrected chi connectivity index (χ1v) is 6.96. The number of aromatic nitrogens is 2. The summed E-state index contributed by atoms with van der Waals surface area (Å²) >= 11 is 0. The van der Waals surface area contributed by atoms with E-state index in [1.54, 1.807) is 20.8 Å². The van der Waals surface area contributed by atoms with Crippen molar-refractivity contribution in [3.05, 3.63) is 28.6 Å². The molecule has 0 spiro atoms. The molecule has 6 heteroatoms. The molecule has 0 radical (unpaired) electrons. The molecule has 1 amide bonds. The third-order valence-corrected chi connectivity index (χ3v) is 3.77. The number of aryl methyl sites for hydroxylation is 2. The third-order valence-electron chi connectivity index (χ3n) is 3.77. The number of ether oxygens (including phenoxy) is 1. The quantitative estimate of drug-likeness (QED) is 0.669. The van der Waals surface area contributed by atoms with Gasteiger partial charge in [0, 0.05) is 12.2 Å². The Balaban J connectivity index is 1.98. The highest BCUT2D eigenvalue weighted by Crippen LogP contribution is 2.31. The van der Waals surface area contributed by atoms with Gasteiger partial charge in [0.25, 0.3) is 5.91 Å². The summed E-state index contributed by atoms with van der Waals surface area (Å²) < 4.78 is 7.02.